The number of benzene rings is 1. The third kappa shape index (κ3) is 22.4. The predicted molar refractivity (Wildman–Crippen MR) is 189 cm³/mol. The lowest BCUT2D eigenvalue weighted by molar-refractivity contribution is -0.697. The van der Waals surface area contributed by atoms with E-state index in [1.807, 2.05) is 6.92 Å². The molecule has 268 valence electrons. The Morgan fingerprint density at radius 2 is 1.28 bits per heavy atom. The normalized spacial score (nSPS) is 16.2. The number of rotatable bonds is 26. The van der Waals surface area contributed by atoms with Crippen LogP contribution in [0.2, 0.25) is 0 Å². The van der Waals surface area contributed by atoms with Crippen molar-refractivity contribution >= 4 is 10.1 Å². The summed E-state index contributed by atoms with van der Waals surface area (Å²) in [5, 5.41) is 0. The van der Waals surface area contributed by atoms with Crippen molar-refractivity contribution in [2.24, 2.45) is 0 Å². The second-order valence-corrected chi connectivity index (χ2v) is 14.5. The zero-order valence-electron chi connectivity index (χ0n) is 29.6. The number of aryl methyl sites for hydroxylation is 2. The fourth-order valence-electron chi connectivity index (χ4n) is 5.78. The van der Waals surface area contributed by atoms with Crippen molar-refractivity contribution in [1.29, 1.82) is 0 Å². The van der Waals surface area contributed by atoms with Gasteiger partial charge < -0.3 is 18.8 Å². The fraction of sp³-hybridized carbons (Fsp3) is 0.718. The maximum atomic E-state index is 10.4. The quantitative estimate of drug-likeness (QED) is 0.0561. The van der Waals surface area contributed by atoms with Gasteiger partial charge in [-0.25, -0.2) is 13.0 Å². The number of hydrogen-bond acceptors (Lipinski definition) is 6. The third-order valence-corrected chi connectivity index (χ3v) is 9.55. The van der Waals surface area contributed by atoms with Gasteiger partial charge in [0.2, 0.25) is 0 Å². The van der Waals surface area contributed by atoms with Gasteiger partial charge in [0.15, 0.2) is 18.7 Å². The van der Waals surface area contributed by atoms with E-state index in [2.05, 4.69) is 42.1 Å². The molecule has 1 aliphatic heterocycles. The van der Waals surface area contributed by atoms with E-state index in [4.69, 9.17) is 14.2 Å². The van der Waals surface area contributed by atoms with E-state index in [0.29, 0.717) is 13.2 Å². The summed E-state index contributed by atoms with van der Waals surface area (Å²) in [5.74, 6) is 0. The van der Waals surface area contributed by atoms with Crippen molar-refractivity contribution in [2.75, 3.05) is 19.8 Å². The maximum absolute atomic E-state index is 10.4. The Morgan fingerprint density at radius 1 is 0.745 bits per heavy atom. The van der Waals surface area contributed by atoms with Gasteiger partial charge in [0, 0.05) is 25.2 Å². The van der Waals surface area contributed by atoms with Crippen molar-refractivity contribution in [2.45, 2.75) is 166 Å². The van der Waals surface area contributed by atoms with E-state index in [-0.39, 0.29) is 17.3 Å². The first kappa shape index (κ1) is 41.3. The molecular weight excluding hydrogens is 610 g/mol. The Balaban J connectivity index is 0.000000587. The molecule has 2 aromatic rings. The van der Waals surface area contributed by atoms with E-state index >= 15 is 0 Å². The van der Waals surface area contributed by atoms with Crippen molar-refractivity contribution in [3.63, 3.8) is 0 Å². The van der Waals surface area contributed by atoms with Gasteiger partial charge in [-0.3, -0.25) is 0 Å². The first-order chi connectivity index (χ1) is 22.9. The molecule has 3 rings (SSSR count). The number of unbranched alkanes of at least 4 members (excludes halogenated alkanes) is 17. The molecule has 2 unspecified atom stereocenters. The van der Waals surface area contributed by atoms with E-state index < -0.39 is 10.1 Å². The van der Waals surface area contributed by atoms with Gasteiger partial charge in [-0.05, 0) is 44.7 Å². The van der Waals surface area contributed by atoms with Crippen LogP contribution in [0.25, 0.3) is 0 Å². The number of pyridine rings is 1. The predicted octanol–water partition coefficient (Wildman–Crippen LogP) is 9.45. The number of ether oxygens (including phenoxy) is 3. The van der Waals surface area contributed by atoms with Crippen LogP contribution in [0.15, 0.2) is 59.8 Å². The van der Waals surface area contributed by atoms with Crippen LogP contribution in [0.3, 0.4) is 0 Å². The minimum absolute atomic E-state index is 0.000331. The summed E-state index contributed by atoms with van der Waals surface area (Å²) in [4.78, 5) is -0.178. The summed E-state index contributed by atoms with van der Waals surface area (Å²) in [7, 11) is -4.27. The van der Waals surface area contributed by atoms with Gasteiger partial charge in [0.25, 0.3) is 0 Å². The molecule has 1 aromatic heterocycles. The summed E-state index contributed by atoms with van der Waals surface area (Å²) in [6, 6.07) is 12.1. The lowest BCUT2D eigenvalue weighted by Gasteiger charge is -2.12. The van der Waals surface area contributed by atoms with Gasteiger partial charge in [-0.15, -0.1) is 0 Å². The molecule has 8 heteroatoms. The standard InChI is InChI=1S/C32H58NO3.C7H8O3S/c1-2-3-4-5-6-7-8-9-10-11-12-15-19-24-32-35-30-31(36-32)29-34-28-23-17-14-13-16-20-25-33-26-21-18-22-27-33;1-6-2-4-7(5-3-6)11(8,9)10/h18,21-22,26-27,31-32H,2-17,19-20,23-25,28-30H2,1H3;2-5H,1H3,(H,8,9,10)/q+1;/p-1. The highest BCUT2D eigenvalue weighted by Gasteiger charge is 2.25. The molecule has 7 nitrogen and oxygen atoms in total. The zero-order valence-corrected chi connectivity index (χ0v) is 30.4. The topological polar surface area (TPSA) is 88.8 Å². The molecule has 0 amide bonds. The van der Waals surface area contributed by atoms with Crippen LogP contribution in [0.4, 0.5) is 0 Å². The van der Waals surface area contributed by atoms with Crippen LogP contribution in [0.1, 0.15) is 141 Å². The van der Waals surface area contributed by atoms with Crippen LogP contribution < -0.4 is 4.57 Å². The average molecular weight is 676 g/mol. The minimum atomic E-state index is -4.27. The Bertz CT molecular complexity index is 1100. The van der Waals surface area contributed by atoms with E-state index in [1.54, 1.807) is 12.1 Å². The fourth-order valence-corrected chi connectivity index (χ4v) is 6.25. The highest BCUT2D eigenvalue weighted by molar-refractivity contribution is 7.85. The Morgan fingerprint density at radius 3 is 1.85 bits per heavy atom. The molecular formula is C39H65NO6S. The molecule has 0 N–H and O–H groups in total. The minimum Gasteiger partial charge on any atom is -0.744 e. The average Bonchev–Trinajstić information content (AvgIpc) is 3.52. The van der Waals surface area contributed by atoms with E-state index in [0.717, 1.165) is 31.6 Å². The maximum Gasteiger partial charge on any atom is 0.168 e. The summed E-state index contributed by atoms with van der Waals surface area (Å²) in [5.41, 5.74) is 0.928. The molecule has 1 fully saturated rings. The second-order valence-electron chi connectivity index (χ2n) is 13.1. The van der Waals surface area contributed by atoms with Gasteiger partial charge in [0.05, 0.1) is 18.1 Å². The molecule has 2 heterocycles. The lowest BCUT2D eigenvalue weighted by atomic mass is 10.0. The number of aromatic nitrogens is 1. The van der Waals surface area contributed by atoms with Crippen LogP contribution in [0, 0.1) is 6.92 Å². The molecule has 47 heavy (non-hydrogen) atoms. The summed E-state index contributed by atoms with van der Waals surface area (Å²) in [6.07, 6.45) is 31.2. The van der Waals surface area contributed by atoms with Crippen molar-refractivity contribution in [1.82, 2.24) is 0 Å². The van der Waals surface area contributed by atoms with Crippen LogP contribution >= 0.6 is 0 Å². The molecule has 0 saturated carbocycles. The number of hydrogen-bond donors (Lipinski definition) is 0. The molecule has 0 aliphatic carbocycles. The Kier molecular flexibility index (Phi) is 23.8. The molecule has 0 radical (unpaired) electrons. The van der Waals surface area contributed by atoms with Gasteiger partial charge in [0.1, 0.15) is 22.8 Å². The van der Waals surface area contributed by atoms with Gasteiger partial charge >= 0.3 is 0 Å². The highest BCUT2D eigenvalue weighted by atomic mass is 32.2. The first-order valence-corrected chi connectivity index (χ1v) is 20.1. The molecule has 0 spiro atoms. The largest absolute Gasteiger partial charge is 0.744 e. The van der Waals surface area contributed by atoms with E-state index in [9.17, 15) is 13.0 Å². The monoisotopic (exact) mass is 675 g/mol. The molecule has 2 atom stereocenters. The Hall–Kier alpha value is -1.84. The summed E-state index contributed by atoms with van der Waals surface area (Å²) >= 11 is 0. The SMILES string of the molecule is CCCCCCCCCCCCCCCC1OCC(COCCCCCCCC[n+]2ccccc2)O1.Cc1ccc(S(=O)(=O)[O-])cc1. The first-order valence-electron chi connectivity index (χ1n) is 18.7. The molecule has 1 aromatic carbocycles. The van der Waals surface area contributed by atoms with Crippen molar-refractivity contribution in [3.8, 4) is 0 Å². The zero-order chi connectivity index (χ0) is 33.8. The smallest absolute Gasteiger partial charge is 0.168 e. The van der Waals surface area contributed by atoms with Crippen molar-refractivity contribution < 1.29 is 31.7 Å². The van der Waals surface area contributed by atoms with Gasteiger partial charge in [-0.1, -0.05) is 127 Å². The summed E-state index contributed by atoms with van der Waals surface area (Å²) in [6.45, 7) is 7.48. The van der Waals surface area contributed by atoms with Crippen molar-refractivity contribution in [3.05, 3.63) is 60.4 Å². The molecule has 1 aliphatic rings. The van der Waals surface area contributed by atoms with E-state index in [1.165, 1.54) is 128 Å². The third-order valence-electron chi connectivity index (χ3n) is 8.70. The van der Waals surface area contributed by atoms with Crippen LogP contribution in [-0.4, -0.2) is 45.2 Å². The van der Waals surface area contributed by atoms with Gasteiger partial charge in [-0.2, -0.15) is 0 Å². The second kappa shape index (κ2) is 27.0. The number of nitrogens with zero attached hydrogens (tertiary/aromatic N) is 1. The molecule has 0 bridgehead atoms. The lowest BCUT2D eigenvalue weighted by Crippen LogP contribution is -2.32. The molecule has 1 saturated heterocycles. The Labute approximate surface area is 287 Å². The van der Waals surface area contributed by atoms with Crippen LogP contribution in [0.5, 0.6) is 0 Å². The van der Waals surface area contributed by atoms with Crippen LogP contribution in [-0.2, 0) is 30.9 Å². The highest BCUT2D eigenvalue weighted by Crippen LogP contribution is 2.19. The summed E-state index contributed by atoms with van der Waals surface area (Å²) < 4.78 is 51.2.